The number of fused-ring (bicyclic) bond motifs is 7. The summed E-state index contributed by atoms with van der Waals surface area (Å²) in [5.41, 5.74) is 0.00672. The van der Waals surface area contributed by atoms with Crippen LogP contribution in [0.15, 0.2) is 24.3 Å². The van der Waals surface area contributed by atoms with Crippen LogP contribution in [0, 0.1) is 79.8 Å². The summed E-state index contributed by atoms with van der Waals surface area (Å²) in [6, 6.07) is 7.21. The number of carboxylic acids is 2. The zero-order valence-electron chi connectivity index (χ0n) is 32.2. The van der Waals surface area contributed by atoms with Gasteiger partial charge in [-0.3, -0.25) is 9.59 Å². The fourth-order valence-electron chi connectivity index (χ4n) is 13.4. The largest absolute Gasteiger partial charge is 0.481 e. The van der Waals surface area contributed by atoms with Gasteiger partial charge in [0, 0.05) is 16.4 Å². The molecule has 50 heavy (non-hydrogen) atoms. The van der Waals surface area contributed by atoms with Gasteiger partial charge in [-0.05, 0) is 142 Å². The first kappa shape index (κ1) is 37.0. The van der Waals surface area contributed by atoms with Crippen LogP contribution in [0.2, 0.25) is 0 Å². The Balaban J connectivity index is 1.29. The summed E-state index contributed by atoms with van der Waals surface area (Å²) in [6.45, 7) is 20.4. The Kier molecular flexibility index (Phi) is 9.17. The van der Waals surface area contributed by atoms with Crippen LogP contribution < -0.4 is 0 Å². The molecule has 6 heteroatoms. The number of hydrogen-bond donors (Lipinski definition) is 2. The van der Waals surface area contributed by atoms with Crippen molar-refractivity contribution < 1.29 is 29.3 Å². The molecule has 274 valence electrons. The highest BCUT2D eigenvalue weighted by atomic mass is 16.5. The highest BCUT2D eigenvalue weighted by Crippen LogP contribution is 2.77. The second-order valence-corrected chi connectivity index (χ2v) is 19.6. The van der Waals surface area contributed by atoms with Gasteiger partial charge in [0.2, 0.25) is 0 Å². The monoisotopic (exact) mass is 686 g/mol. The number of aromatic carboxylic acids is 1. The fraction of sp³-hybridized carbons (Fsp3) is 0.750. The lowest BCUT2D eigenvalue weighted by Crippen LogP contribution is -2.66. The van der Waals surface area contributed by atoms with E-state index in [0.29, 0.717) is 46.6 Å². The Morgan fingerprint density at radius 1 is 0.860 bits per heavy atom. The number of ether oxygens (including phenoxy) is 1. The van der Waals surface area contributed by atoms with Crippen LogP contribution in [-0.2, 0) is 14.3 Å². The fourth-order valence-corrected chi connectivity index (χ4v) is 13.4. The van der Waals surface area contributed by atoms with E-state index in [4.69, 9.17) is 4.74 Å². The molecular weight excluding hydrogens is 624 g/mol. The van der Waals surface area contributed by atoms with Crippen molar-refractivity contribution in [1.82, 2.24) is 0 Å². The molecule has 5 aliphatic carbocycles. The Morgan fingerprint density at radius 2 is 1.56 bits per heavy atom. The first-order chi connectivity index (χ1) is 23.2. The Morgan fingerprint density at radius 3 is 2.22 bits per heavy atom. The maximum Gasteiger partial charge on any atom is 0.336 e. The van der Waals surface area contributed by atoms with Gasteiger partial charge in [0.25, 0.3) is 0 Å². The molecule has 1 aromatic rings. The Hall–Kier alpha value is -2.81. The Bertz CT molecular complexity index is 1590. The van der Waals surface area contributed by atoms with Crippen LogP contribution in [0.4, 0.5) is 0 Å². The molecule has 1 aromatic carbocycles. The van der Waals surface area contributed by atoms with E-state index >= 15 is 0 Å². The zero-order valence-corrected chi connectivity index (χ0v) is 32.2. The maximum absolute atomic E-state index is 13.1. The van der Waals surface area contributed by atoms with Crippen molar-refractivity contribution in [2.75, 3.05) is 0 Å². The van der Waals surface area contributed by atoms with Crippen LogP contribution >= 0.6 is 0 Å². The van der Waals surface area contributed by atoms with Crippen molar-refractivity contribution in [3.05, 3.63) is 35.4 Å². The third-order valence-electron chi connectivity index (χ3n) is 16.3. The van der Waals surface area contributed by atoms with E-state index in [2.05, 4.69) is 60.3 Å². The van der Waals surface area contributed by atoms with Crippen LogP contribution in [0.5, 0.6) is 0 Å². The van der Waals surface area contributed by atoms with Crippen LogP contribution in [-0.4, -0.2) is 34.2 Å². The third kappa shape index (κ3) is 5.54. The van der Waals surface area contributed by atoms with Crippen molar-refractivity contribution >= 4 is 17.9 Å². The molecule has 10 atom stereocenters. The maximum atomic E-state index is 13.1. The van der Waals surface area contributed by atoms with E-state index < -0.39 is 23.3 Å². The van der Waals surface area contributed by atoms with Gasteiger partial charge in [-0.25, -0.2) is 4.79 Å². The van der Waals surface area contributed by atoms with Gasteiger partial charge < -0.3 is 14.9 Å². The summed E-state index contributed by atoms with van der Waals surface area (Å²) in [5.74, 6) is 8.29. The number of aliphatic carboxylic acids is 1. The molecule has 0 radical (unpaired) electrons. The quantitative estimate of drug-likeness (QED) is 0.228. The summed E-state index contributed by atoms with van der Waals surface area (Å²) in [7, 11) is 0. The summed E-state index contributed by atoms with van der Waals surface area (Å²) >= 11 is 0. The molecule has 2 N–H and O–H groups in total. The van der Waals surface area contributed by atoms with E-state index in [-0.39, 0.29) is 39.6 Å². The van der Waals surface area contributed by atoms with Crippen molar-refractivity contribution in [1.29, 1.82) is 0 Å². The first-order valence-electron chi connectivity index (χ1n) is 19.5. The van der Waals surface area contributed by atoms with E-state index in [0.717, 1.165) is 38.5 Å². The molecule has 4 unspecified atom stereocenters. The molecule has 0 aliphatic heterocycles. The standard InChI is InChI=1S/C44H62O6/c1-27(2)29-17-23-44(22-16-28-12-10-11-13-30(28)37(46)47)25-24-42(8)31(36(29)44)14-15-33-41(7)20-19-34(50-35(45)26-39(3,4)38(48)49)40(5,6)32(41)18-21-43(33,42)9/h10-13,27,29,31-34,36H,14-15,17-21,23-26H2,1-9H3,(H,46,47)(H,48,49)/t29-,31?,32?,33?,34-,36?,41-,42+,43+,44+/m0/s1. The highest BCUT2D eigenvalue weighted by Gasteiger charge is 2.71. The van der Waals surface area contributed by atoms with Gasteiger partial charge in [0.15, 0.2) is 0 Å². The van der Waals surface area contributed by atoms with Gasteiger partial charge in [-0.15, -0.1) is 0 Å². The molecule has 6 rings (SSSR count). The van der Waals surface area contributed by atoms with Gasteiger partial charge >= 0.3 is 17.9 Å². The number of rotatable bonds is 6. The molecule has 5 saturated carbocycles. The van der Waals surface area contributed by atoms with E-state index in [9.17, 15) is 24.6 Å². The van der Waals surface area contributed by atoms with Crippen molar-refractivity contribution in [2.24, 2.45) is 68.0 Å². The summed E-state index contributed by atoms with van der Waals surface area (Å²) < 4.78 is 6.17. The normalized spacial score (nSPS) is 40.3. The number of carboxylic acid groups (broad SMARTS) is 2. The molecule has 0 heterocycles. The van der Waals surface area contributed by atoms with Gasteiger partial charge in [0.05, 0.1) is 17.4 Å². The lowest BCUT2D eigenvalue weighted by molar-refractivity contribution is -0.248. The second-order valence-electron chi connectivity index (χ2n) is 19.6. The lowest BCUT2D eigenvalue weighted by Gasteiger charge is -2.72. The predicted molar refractivity (Wildman–Crippen MR) is 195 cm³/mol. The molecule has 5 fully saturated rings. The Labute approximate surface area is 300 Å². The molecule has 0 aromatic heterocycles. The number of esters is 1. The van der Waals surface area contributed by atoms with Crippen molar-refractivity contribution in [3.8, 4) is 11.8 Å². The van der Waals surface area contributed by atoms with Gasteiger partial charge in [0.1, 0.15) is 6.10 Å². The number of carbonyl (C=O) groups excluding carboxylic acids is 1. The van der Waals surface area contributed by atoms with Gasteiger partial charge in [-0.2, -0.15) is 0 Å². The summed E-state index contributed by atoms with van der Waals surface area (Å²) in [5, 5.41) is 19.5. The van der Waals surface area contributed by atoms with Crippen LogP contribution in [0.3, 0.4) is 0 Å². The molecule has 6 nitrogen and oxygen atoms in total. The lowest BCUT2D eigenvalue weighted by atomic mass is 9.32. The summed E-state index contributed by atoms with van der Waals surface area (Å²) in [6.07, 6.45) is 10.8. The number of benzene rings is 1. The molecule has 0 saturated heterocycles. The van der Waals surface area contributed by atoms with Crippen LogP contribution in [0.1, 0.15) is 149 Å². The number of hydrogen-bond acceptors (Lipinski definition) is 4. The summed E-state index contributed by atoms with van der Waals surface area (Å²) in [4.78, 5) is 36.8. The van der Waals surface area contributed by atoms with E-state index in [1.807, 2.05) is 12.1 Å². The minimum atomic E-state index is -1.15. The topological polar surface area (TPSA) is 101 Å². The second kappa shape index (κ2) is 12.4. The molecule has 0 amide bonds. The molecular formula is C44H62O6. The smallest absolute Gasteiger partial charge is 0.336 e. The van der Waals surface area contributed by atoms with Crippen molar-refractivity contribution in [3.63, 3.8) is 0 Å². The van der Waals surface area contributed by atoms with Crippen molar-refractivity contribution in [2.45, 2.75) is 139 Å². The minimum absolute atomic E-state index is 0.0752. The van der Waals surface area contributed by atoms with E-state index in [1.54, 1.807) is 26.0 Å². The molecule has 0 bridgehead atoms. The van der Waals surface area contributed by atoms with Crippen LogP contribution in [0.25, 0.3) is 0 Å². The highest BCUT2D eigenvalue weighted by molar-refractivity contribution is 5.90. The molecule has 0 spiro atoms. The third-order valence-corrected chi connectivity index (χ3v) is 16.3. The average Bonchev–Trinajstić information content (AvgIpc) is 3.42. The minimum Gasteiger partial charge on any atom is -0.481 e. The molecule has 5 aliphatic rings. The van der Waals surface area contributed by atoms with E-state index in [1.165, 1.54) is 25.7 Å². The number of carbonyl (C=O) groups is 3. The predicted octanol–water partition coefficient (Wildman–Crippen LogP) is 9.89. The van der Waals surface area contributed by atoms with Gasteiger partial charge in [-0.1, -0.05) is 72.4 Å². The zero-order chi connectivity index (χ0) is 36.7. The first-order valence-corrected chi connectivity index (χ1v) is 19.5. The SMILES string of the molecule is CC(C)[C@@H]1CC[C@]2(C#Cc3ccccc3C(=O)O)CC[C@]3(C)C(CCC4[C@@]5(C)CC[C@H](OC(=O)CC(C)(C)C(=O)O)C(C)(C)C5CC[C@]43C)C12. The average molecular weight is 687 g/mol.